The Labute approximate surface area is 132 Å². The van der Waals surface area contributed by atoms with Gasteiger partial charge in [0, 0.05) is 23.5 Å². The Morgan fingerprint density at radius 2 is 2.05 bits per heavy atom. The number of rotatable bonds is 4. The predicted octanol–water partition coefficient (Wildman–Crippen LogP) is 3.31. The zero-order valence-electron chi connectivity index (χ0n) is 11.6. The number of pyridine rings is 1. The van der Waals surface area contributed by atoms with E-state index in [1.165, 1.54) is 0 Å². The molecule has 1 amide bonds. The number of hydrogen-bond donors (Lipinski definition) is 2. The minimum Gasteiger partial charge on any atom is -0.309 e. The van der Waals surface area contributed by atoms with Crippen molar-refractivity contribution in [3.05, 3.63) is 65.4 Å². The number of hydrogen-bond acceptors (Lipinski definition) is 3. The summed E-state index contributed by atoms with van der Waals surface area (Å²) in [5.74, 6) is 0.348. The lowest BCUT2D eigenvalue weighted by Gasteiger charge is -2.01. The van der Waals surface area contributed by atoms with Crippen LogP contribution in [0.5, 0.6) is 0 Å². The Balaban J connectivity index is 1.66. The van der Waals surface area contributed by atoms with Crippen LogP contribution in [0.2, 0.25) is 5.02 Å². The van der Waals surface area contributed by atoms with Crippen LogP contribution in [0.4, 0.5) is 5.82 Å². The van der Waals surface area contributed by atoms with Crippen LogP contribution in [0.1, 0.15) is 5.56 Å². The Morgan fingerprint density at radius 3 is 2.77 bits per heavy atom. The highest BCUT2D eigenvalue weighted by Crippen LogP contribution is 2.21. The number of halogens is 1. The first-order chi connectivity index (χ1) is 10.7. The van der Waals surface area contributed by atoms with Gasteiger partial charge in [0.1, 0.15) is 0 Å². The van der Waals surface area contributed by atoms with Gasteiger partial charge in [-0.3, -0.25) is 14.9 Å². The maximum Gasteiger partial charge on any atom is 0.230 e. The molecule has 5 nitrogen and oxygen atoms in total. The normalized spacial score (nSPS) is 10.4. The lowest BCUT2D eigenvalue weighted by Crippen LogP contribution is -2.14. The maximum absolute atomic E-state index is 12.0. The van der Waals surface area contributed by atoms with Gasteiger partial charge < -0.3 is 5.32 Å². The third kappa shape index (κ3) is 3.51. The van der Waals surface area contributed by atoms with E-state index in [0.717, 1.165) is 16.8 Å². The van der Waals surface area contributed by atoms with Crippen molar-refractivity contribution in [1.29, 1.82) is 0 Å². The molecule has 2 aromatic heterocycles. The molecule has 0 spiro atoms. The fourth-order valence-corrected chi connectivity index (χ4v) is 2.16. The van der Waals surface area contributed by atoms with Crippen molar-refractivity contribution in [2.45, 2.75) is 6.42 Å². The molecule has 0 radical (unpaired) electrons. The average molecular weight is 313 g/mol. The number of benzene rings is 1. The van der Waals surface area contributed by atoms with Crippen LogP contribution in [0.15, 0.2) is 54.9 Å². The molecular weight excluding hydrogens is 300 g/mol. The predicted molar refractivity (Wildman–Crippen MR) is 85.6 cm³/mol. The second-order valence-corrected chi connectivity index (χ2v) is 5.20. The van der Waals surface area contributed by atoms with Crippen LogP contribution in [0.3, 0.4) is 0 Å². The molecule has 6 heteroatoms. The maximum atomic E-state index is 12.0. The zero-order chi connectivity index (χ0) is 15.4. The SMILES string of the molecule is O=C(Cc1cccnc1)Nc1cc(-c2ccc(Cl)cc2)[nH]n1. The Bertz CT molecular complexity index is 768. The first-order valence-corrected chi connectivity index (χ1v) is 7.08. The van der Waals surface area contributed by atoms with Crippen LogP contribution >= 0.6 is 11.6 Å². The number of aromatic nitrogens is 3. The first-order valence-electron chi connectivity index (χ1n) is 6.71. The van der Waals surface area contributed by atoms with Gasteiger partial charge in [0.15, 0.2) is 5.82 Å². The van der Waals surface area contributed by atoms with E-state index in [0.29, 0.717) is 10.8 Å². The second kappa shape index (κ2) is 6.41. The van der Waals surface area contributed by atoms with Gasteiger partial charge in [0.25, 0.3) is 0 Å². The summed E-state index contributed by atoms with van der Waals surface area (Å²) >= 11 is 5.86. The highest BCUT2D eigenvalue weighted by atomic mass is 35.5. The summed E-state index contributed by atoms with van der Waals surface area (Å²) in [7, 11) is 0. The van der Waals surface area contributed by atoms with E-state index >= 15 is 0 Å². The van der Waals surface area contributed by atoms with Gasteiger partial charge in [-0.15, -0.1) is 0 Å². The number of carbonyl (C=O) groups excluding carboxylic acids is 1. The lowest BCUT2D eigenvalue weighted by molar-refractivity contribution is -0.115. The molecule has 2 heterocycles. The van der Waals surface area contributed by atoms with Gasteiger partial charge in [-0.1, -0.05) is 29.8 Å². The molecule has 0 fully saturated rings. The number of nitrogens with zero attached hydrogens (tertiary/aromatic N) is 2. The summed E-state index contributed by atoms with van der Waals surface area (Å²) in [5, 5.41) is 10.4. The van der Waals surface area contributed by atoms with Gasteiger partial charge in [0.2, 0.25) is 5.91 Å². The molecule has 110 valence electrons. The number of nitrogens with one attached hydrogen (secondary N) is 2. The molecule has 3 rings (SSSR count). The largest absolute Gasteiger partial charge is 0.309 e. The summed E-state index contributed by atoms with van der Waals surface area (Å²) in [4.78, 5) is 15.9. The minimum absolute atomic E-state index is 0.137. The Kier molecular flexibility index (Phi) is 4.16. The molecular formula is C16H13ClN4O. The monoisotopic (exact) mass is 312 g/mol. The molecule has 0 atom stereocenters. The average Bonchev–Trinajstić information content (AvgIpc) is 2.97. The third-order valence-electron chi connectivity index (χ3n) is 3.09. The van der Waals surface area contributed by atoms with E-state index in [1.807, 2.05) is 18.2 Å². The lowest BCUT2D eigenvalue weighted by atomic mass is 10.1. The summed E-state index contributed by atoms with van der Waals surface area (Å²) in [6, 6.07) is 12.8. The van der Waals surface area contributed by atoms with Crippen molar-refractivity contribution in [1.82, 2.24) is 15.2 Å². The topological polar surface area (TPSA) is 70.7 Å². The number of H-pyrrole nitrogens is 1. The fraction of sp³-hybridized carbons (Fsp3) is 0.0625. The fourth-order valence-electron chi connectivity index (χ4n) is 2.04. The summed E-state index contributed by atoms with van der Waals surface area (Å²) in [5.41, 5.74) is 2.62. The van der Waals surface area contributed by atoms with Crippen molar-refractivity contribution in [3.8, 4) is 11.3 Å². The van der Waals surface area contributed by atoms with Gasteiger partial charge in [-0.05, 0) is 29.3 Å². The summed E-state index contributed by atoms with van der Waals surface area (Å²) < 4.78 is 0. The molecule has 2 N–H and O–H groups in total. The molecule has 3 aromatic rings. The number of aromatic amines is 1. The van der Waals surface area contributed by atoms with Gasteiger partial charge in [-0.25, -0.2) is 0 Å². The smallest absolute Gasteiger partial charge is 0.230 e. The molecule has 0 bridgehead atoms. The van der Waals surface area contributed by atoms with Gasteiger partial charge in [0.05, 0.1) is 12.1 Å². The van der Waals surface area contributed by atoms with Crippen LogP contribution in [0.25, 0.3) is 11.3 Å². The molecule has 0 aliphatic rings. The van der Waals surface area contributed by atoms with E-state index in [9.17, 15) is 4.79 Å². The van der Waals surface area contributed by atoms with Gasteiger partial charge >= 0.3 is 0 Å². The second-order valence-electron chi connectivity index (χ2n) is 4.76. The summed E-state index contributed by atoms with van der Waals surface area (Å²) in [6.45, 7) is 0. The van der Waals surface area contributed by atoms with E-state index in [1.54, 1.807) is 36.7 Å². The Hall–Kier alpha value is -2.66. The van der Waals surface area contributed by atoms with Crippen LogP contribution < -0.4 is 5.32 Å². The van der Waals surface area contributed by atoms with Crippen molar-refractivity contribution in [2.75, 3.05) is 5.32 Å². The quantitative estimate of drug-likeness (QED) is 0.776. The van der Waals surface area contributed by atoms with E-state index < -0.39 is 0 Å². The van der Waals surface area contributed by atoms with Crippen molar-refractivity contribution < 1.29 is 4.79 Å². The minimum atomic E-state index is -0.137. The number of anilines is 1. The number of carbonyl (C=O) groups is 1. The zero-order valence-corrected chi connectivity index (χ0v) is 12.3. The van der Waals surface area contributed by atoms with Crippen molar-refractivity contribution >= 4 is 23.3 Å². The molecule has 1 aromatic carbocycles. The molecule has 22 heavy (non-hydrogen) atoms. The summed E-state index contributed by atoms with van der Waals surface area (Å²) in [6.07, 6.45) is 3.60. The van der Waals surface area contributed by atoms with Crippen LogP contribution in [0, 0.1) is 0 Å². The third-order valence-corrected chi connectivity index (χ3v) is 3.34. The highest BCUT2D eigenvalue weighted by Gasteiger charge is 2.08. The molecule has 0 aliphatic heterocycles. The highest BCUT2D eigenvalue weighted by molar-refractivity contribution is 6.30. The molecule has 0 unspecified atom stereocenters. The van der Waals surface area contributed by atoms with Crippen molar-refractivity contribution in [2.24, 2.45) is 0 Å². The van der Waals surface area contributed by atoms with Crippen LogP contribution in [-0.2, 0) is 11.2 Å². The first kappa shape index (κ1) is 14.3. The molecule has 0 saturated carbocycles. The van der Waals surface area contributed by atoms with E-state index in [2.05, 4.69) is 20.5 Å². The molecule has 0 saturated heterocycles. The van der Waals surface area contributed by atoms with Crippen LogP contribution in [-0.4, -0.2) is 21.1 Å². The van der Waals surface area contributed by atoms with Crippen molar-refractivity contribution in [3.63, 3.8) is 0 Å². The van der Waals surface area contributed by atoms with Gasteiger partial charge in [-0.2, -0.15) is 5.10 Å². The van der Waals surface area contributed by atoms with E-state index in [-0.39, 0.29) is 12.3 Å². The number of amides is 1. The van der Waals surface area contributed by atoms with E-state index in [4.69, 9.17) is 11.6 Å². The Morgan fingerprint density at radius 1 is 1.23 bits per heavy atom. The molecule has 0 aliphatic carbocycles. The standard InChI is InChI=1S/C16H13ClN4O/c17-13-5-3-12(4-6-13)14-9-15(21-20-14)19-16(22)8-11-2-1-7-18-10-11/h1-7,9-10H,8H2,(H2,19,20,21,22).